The standard InChI is InChI=1S/C16H19N7.ClH/c17-16-20-6-2-12(23-16)11-9-22-15-14(11)13(3-5-19-15)21-8-10-1-4-18-7-10;/h2-3,5-6,9-10,18H,1,4,7-8H2,(H2,17,20,23)(H2,19,21,22);1H. The number of aromatic nitrogens is 4. The van der Waals surface area contributed by atoms with Gasteiger partial charge in [0.25, 0.3) is 0 Å². The highest BCUT2D eigenvalue weighted by Gasteiger charge is 2.16. The molecule has 4 rings (SSSR count). The fraction of sp³-hybridized carbons (Fsp3) is 0.312. The van der Waals surface area contributed by atoms with Crippen LogP contribution in [0.4, 0.5) is 11.6 Å². The minimum absolute atomic E-state index is 0. The number of rotatable bonds is 4. The van der Waals surface area contributed by atoms with Crippen LogP contribution < -0.4 is 16.4 Å². The Morgan fingerprint density at radius 2 is 2.12 bits per heavy atom. The Morgan fingerprint density at radius 3 is 2.92 bits per heavy atom. The number of halogens is 1. The van der Waals surface area contributed by atoms with Crippen molar-refractivity contribution in [3.05, 3.63) is 30.7 Å². The van der Waals surface area contributed by atoms with Crippen molar-refractivity contribution >= 4 is 35.1 Å². The summed E-state index contributed by atoms with van der Waals surface area (Å²) in [6.45, 7) is 3.13. The summed E-state index contributed by atoms with van der Waals surface area (Å²) in [6.07, 6.45) is 6.61. The number of aromatic amines is 1. The number of anilines is 2. The Kier molecular flexibility index (Phi) is 4.82. The zero-order valence-electron chi connectivity index (χ0n) is 13.1. The third-order valence-electron chi connectivity index (χ3n) is 4.27. The SMILES string of the molecule is Cl.Nc1nccc(-c2c[nH]c3nccc(NCC4CCNC4)c23)n1. The molecule has 1 atom stereocenters. The number of hydrogen-bond donors (Lipinski definition) is 4. The van der Waals surface area contributed by atoms with Crippen molar-refractivity contribution in [2.75, 3.05) is 30.7 Å². The molecule has 1 saturated heterocycles. The minimum Gasteiger partial charge on any atom is -0.384 e. The molecule has 0 radical (unpaired) electrons. The van der Waals surface area contributed by atoms with Crippen molar-refractivity contribution in [2.24, 2.45) is 5.92 Å². The third kappa shape index (κ3) is 3.13. The molecule has 126 valence electrons. The molecule has 24 heavy (non-hydrogen) atoms. The van der Waals surface area contributed by atoms with E-state index in [-0.39, 0.29) is 18.4 Å². The van der Waals surface area contributed by atoms with Crippen LogP contribution in [0.15, 0.2) is 30.7 Å². The Morgan fingerprint density at radius 1 is 1.25 bits per heavy atom. The van der Waals surface area contributed by atoms with Crippen LogP contribution in [-0.4, -0.2) is 39.6 Å². The molecule has 1 aliphatic rings. The van der Waals surface area contributed by atoms with Gasteiger partial charge in [-0.05, 0) is 37.6 Å². The summed E-state index contributed by atoms with van der Waals surface area (Å²) in [7, 11) is 0. The molecule has 0 saturated carbocycles. The highest BCUT2D eigenvalue weighted by molar-refractivity contribution is 6.01. The van der Waals surface area contributed by atoms with Crippen LogP contribution in [0, 0.1) is 5.92 Å². The van der Waals surface area contributed by atoms with Gasteiger partial charge in [-0.2, -0.15) is 0 Å². The first kappa shape index (κ1) is 16.5. The molecule has 5 N–H and O–H groups in total. The summed E-state index contributed by atoms with van der Waals surface area (Å²) in [5, 5.41) is 8.00. The van der Waals surface area contributed by atoms with Gasteiger partial charge < -0.3 is 21.4 Å². The average molecular weight is 346 g/mol. The number of nitrogens with one attached hydrogen (secondary N) is 3. The van der Waals surface area contributed by atoms with Crippen LogP contribution in [0.25, 0.3) is 22.3 Å². The van der Waals surface area contributed by atoms with E-state index < -0.39 is 0 Å². The lowest BCUT2D eigenvalue weighted by Crippen LogP contribution is -2.17. The van der Waals surface area contributed by atoms with Gasteiger partial charge >= 0.3 is 0 Å². The van der Waals surface area contributed by atoms with Crippen LogP contribution in [0.2, 0.25) is 0 Å². The van der Waals surface area contributed by atoms with Crippen molar-refractivity contribution in [3.8, 4) is 11.3 Å². The zero-order chi connectivity index (χ0) is 15.6. The number of pyridine rings is 1. The maximum Gasteiger partial charge on any atom is 0.220 e. The molecule has 4 heterocycles. The zero-order valence-corrected chi connectivity index (χ0v) is 13.9. The lowest BCUT2D eigenvalue weighted by molar-refractivity contribution is 0.616. The molecular formula is C16H20ClN7. The van der Waals surface area contributed by atoms with Crippen LogP contribution in [0.1, 0.15) is 6.42 Å². The van der Waals surface area contributed by atoms with Crippen molar-refractivity contribution in [1.29, 1.82) is 0 Å². The summed E-state index contributed by atoms with van der Waals surface area (Å²) in [4.78, 5) is 15.9. The summed E-state index contributed by atoms with van der Waals surface area (Å²) >= 11 is 0. The second-order valence-corrected chi connectivity index (χ2v) is 5.82. The van der Waals surface area contributed by atoms with E-state index in [1.54, 1.807) is 6.20 Å². The van der Waals surface area contributed by atoms with Crippen molar-refractivity contribution in [2.45, 2.75) is 6.42 Å². The number of fused-ring (bicyclic) bond motifs is 1. The van der Waals surface area contributed by atoms with Gasteiger partial charge in [-0.3, -0.25) is 0 Å². The van der Waals surface area contributed by atoms with Gasteiger partial charge in [-0.15, -0.1) is 12.4 Å². The molecular weight excluding hydrogens is 326 g/mol. The fourth-order valence-corrected chi connectivity index (χ4v) is 3.07. The van der Waals surface area contributed by atoms with E-state index in [4.69, 9.17) is 5.73 Å². The molecule has 3 aromatic rings. The maximum atomic E-state index is 5.72. The molecule has 0 spiro atoms. The quantitative estimate of drug-likeness (QED) is 0.577. The number of nitrogens with two attached hydrogens (primary N) is 1. The van der Waals surface area contributed by atoms with E-state index in [0.717, 1.165) is 47.6 Å². The topological polar surface area (TPSA) is 105 Å². The van der Waals surface area contributed by atoms with Gasteiger partial charge in [0.2, 0.25) is 5.95 Å². The first-order chi connectivity index (χ1) is 11.3. The Hall–Kier alpha value is -2.38. The number of nitrogen functional groups attached to an aromatic ring is 1. The monoisotopic (exact) mass is 345 g/mol. The van der Waals surface area contributed by atoms with Gasteiger partial charge in [0, 0.05) is 36.4 Å². The molecule has 1 aliphatic heterocycles. The van der Waals surface area contributed by atoms with Crippen molar-refractivity contribution in [3.63, 3.8) is 0 Å². The molecule has 0 aromatic carbocycles. The highest BCUT2D eigenvalue weighted by Crippen LogP contribution is 2.32. The van der Waals surface area contributed by atoms with E-state index in [0.29, 0.717) is 5.92 Å². The lowest BCUT2D eigenvalue weighted by Gasteiger charge is -2.13. The summed E-state index contributed by atoms with van der Waals surface area (Å²) in [6, 6.07) is 3.86. The molecule has 0 amide bonds. The molecule has 8 heteroatoms. The predicted octanol–water partition coefficient (Wildman–Crippen LogP) is 2.05. The Balaban J connectivity index is 0.00000169. The first-order valence-electron chi connectivity index (χ1n) is 7.81. The van der Waals surface area contributed by atoms with Gasteiger partial charge in [-0.1, -0.05) is 0 Å². The normalized spacial score (nSPS) is 16.9. The van der Waals surface area contributed by atoms with Gasteiger partial charge in [-0.25, -0.2) is 15.0 Å². The third-order valence-corrected chi connectivity index (χ3v) is 4.27. The van der Waals surface area contributed by atoms with E-state index in [2.05, 4.69) is 30.6 Å². The second-order valence-electron chi connectivity index (χ2n) is 5.82. The number of nitrogens with zero attached hydrogens (tertiary/aromatic N) is 3. The first-order valence-corrected chi connectivity index (χ1v) is 7.81. The van der Waals surface area contributed by atoms with Crippen LogP contribution in [-0.2, 0) is 0 Å². The summed E-state index contributed by atoms with van der Waals surface area (Å²) in [5.74, 6) is 0.933. The Labute approximate surface area is 145 Å². The average Bonchev–Trinajstić information content (AvgIpc) is 3.22. The lowest BCUT2D eigenvalue weighted by atomic mass is 10.1. The largest absolute Gasteiger partial charge is 0.384 e. The summed E-state index contributed by atoms with van der Waals surface area (Å²) in [5.41, 5.74) is 9.40. The maximum absolute atomic E-state index is 5.72. The Bertz CT molecular complexity index is 826. The highest BCUT2D eigenvalue weighted by atomic mass is 35.5. The second kappa shape index (κ2) is 7.02. The van der Waals surface area contributed by atoms with Crippen molar-refractivity contribution in [1.82, 2.24) is 25.3 Å². The fourth-order valence-electron chi connectivity index (χ4n) is 3.07. The van der Waals surface area contributed by atoms with Crippen LogP contribution in [0.5, 0.6) is 0 Å². The minimum atomic E-state index is 0. The number of H-pyrrole nitrogens is 1. The van der Waals surface area contributed by atoms with Gasteiger partial charge in [0.15, 0.2) is 0 Å². The van der Waals surface area contributed by atoms with Crippen LogP contribution in [0.3, 0.4) is 0 Å². The summed E-state index contributed by atoms with van der Waals surface area (Å²) < 4.78 is 0. The van der Waals surface area contributed by atoms with E-state index >= 15 is 0 Å². The smallest absolute Gasteiger partial charge is 0.220 e. The van der Waals surface area contributed by atoms with E-state index in [1.165, 1.54) is 6.42 Å². The van der Waals surface area contributed by atoms with Crippen LogP contribution >= 0.6 is 12.4 Å². The molecule has 0 bridgehead atoms. The molecule has 1 unspecified atom stereocenters. The number of hydrogen-bond acceptors (Lipinski definition) is 6. The molecule has 7 nitrogen and oxygen atoms in total. The van der Waals surface area contributed by atoms with E-state index in [9.17, 15) is 0 Å². The van der Waals surface area contributed by atoms with Gasteiger partial charge in [0.1, 0.15) is 5.65 Å². The molecule has 0 aliphatic carbocycles. The van der Waals surface area contributed by atoms with Gasteiger partial charge in [0.05, 0.1) is 11.1 Å². The molecule has 1 fully saturated rings. The predicted molar refractivity (Wildman–Crippen MR) is 98.2 cm³/mol. The molecule has 3 aromatic heterocycles. The van der Waals surface area contributed by atoms with E-state index in [1.807, 2.05) is 24.5 Å². The van der Waals surface area contributed by atoms with Crippen molar-refractivity contribution < 1.29 is 0 Å².